The minimum atomic E-state index is -1.52. The zero-order valence-electron chi connectivity index (χ0n) is 27.7. The number of hydrogen-bond donors (Lipinski definition) is 6. The number of nitrogens with one attached hydrogen (secondary N) is 1. The fourth-order valence-electron chi connectivity index (χ4n) is 8.55. The number of carbonyl (C=O) groups excluding carboxylic acids is 2. The molecular weight excluding hydrogens is 668 g/mol. The van der Waals surface area contributed by atoms with Gasteiger partial charge in [-0.1, -0.05) is 60.7 Å². The Bertz CT molecular complexity index is 1630. The Kier molecular flexibility index (Phi) is 9.26. The number of hydroxylamine groups is 2. The van der Waals surface area contributed by atoms with Gasteiger partial charge in [-0.3, -0.25) is 14.4 Å². The van der Waals surface area contributed by atoms with Gasteiger partial charge in [-0.15, -0.1) is 0 Å². The zero-order valence-corrected chi connectivity index (χ0v) is 27.7. The molecule has 0 unspecified atom stereocenters. The Morgan fingerprint density at radius 1 is 0.980 bits per heavy atom. The second-order valence-electron chi connectivity index (χ2n) is 14.1. The fraction of sp³-hybridized carbons (Fsp3) is 0.556. The summed E-state index contributed by atoms with van der Waals surface area (Å²) in [6.45, 7) is -0.610. The number of rotatable bonds is 10. The third-order valence-electron chi connectivity index (χ3n) is 10.9. The summed E-state index contributed by atoms with van der Waals surface area (Å²) in [6, 6.07) is 14.4. The van der Waals surface area contributed by atoms with E-state index in [4.69, 9.17) is 28.5 Å². The third kappa shape index (κ3) is 5.90. The number of nitrogens with zero attached hydrogens (tertiary/aromatic N) is 1. The largest absolute Gasteiger partial charge is 0.458 e. The molecule has 1 amide bonds. The molecule has 1 saturated carbocycles. The van der Waals surface area contributed by atoms with Crippen LogP contribution in [0.4, 0.5) is 0 Å². The summed E-state index contributed by atoms with van der Waals surface area (Å²) >= 11 is 0. The number of carbonyl (C=O) groups is 2. The molecule has 2 bridgehead atoms. The lowest BCUT2D eigenvalue weighted by Crippen LogP contribution is -2.69. The summed E-state index contributed by atoms with van der Waals surface area (Å²) in [5, 5.41) is 53.3. The molecule has 2 aromatic rings. The highest BCUT2D eigenvalue weighted by atomic mass is 16.8. The van der Waals surface area contributed by atoms with Crippen molar-refractivity contribution in [2.45, 2.75) is 92.8 Å². The number of aliphatic hydroxyl groups is 5. The zero-order chi connectivity index (χ0) is 35.5. The molecule has 15 heteroatoms. The standard InChI is InChI=1S/C36H42N2O13/c39-12-11-37-34(45)36-16-23-28-29(50-35(49-28)14-21-5-1-2-6-22(21)15-35)31(36)51-38(30(36)32(44)47-23)17-20-9-7-19(8-10-20)4-3-13-46-33-27(43)26(42)25(41)24(18-40)48-33/h1-10,23-31,33,39-43H,11-18H2,(H,37,45)/t23-,24-,25+,26+,27-,28+,29+,30+,31-,33+,36+/m1/s1. The van der Waals surface area contributed by atoms with Crippen LogP contribution < -0.4 is 5.32 Å². The molecule has 2 aromatic carbocycles. The van der Waals surface area contributed by atoms with Crippen LogP contribution in [0.1, 0.15) is 28.7 Å². The number of esters is 1. The Hall–Kier alpha value is -3.32. The first-order chi connectivity index (χ1) is 24.7. The Morgan fingerprint density at radius 3 is 2.41 bits per heavy atom. The minimum absolute atomic E-state index is 0.0139. The van der Waals surface area contributed by atoms with E-state index in [-0.39, 0.29) is 32.7 Å². The second kappa shape index (κ2) is 13.6. The predicted molar refractivity (Wildman–Crippen MR) is 173 cm³/mol. The molecule has 5 fully saturated rings. The highest BCUT2D eigenvalue weighted by molar-refractivity contribution is 5.93. The lowest BCUT2D eigenvalue weighted by atomic mass is 9.62. The predicted octanol–water partition coefficient (Wildman–Crippen LogP) is -1.30. The highest BCUT2D eigenvalue weighted by Gasteiger charge is 2.76. The molecule has 0 radical (unpaired) electrons. The highest BCUT2D eigenvalue weighted by Crippen LogP contribution is 2.58. The molecule has 8 rings (SSSR count). The smallest absolute Gasteiger partial charge is 0.327 e. The van der Waals surface area contributed by atoms with E-state index in [9.17, 15) is 35.1 Å². The van der Waals surface area contributed by atoms with E-state index in [1.54, 1.807) is 12.2 Å². The molecule has 11 atom stereocenters. The monoisotopic (exact) mass is 710 g/mol. The molecule has 6 N–H and O–H groups in total. The lowest BCUT2D eigenvalue weighted by molar-refractivity contribution is -0.298. The van der Waals surface area contributed by atoms with Crippen LogP contribution in [0.2, 0.25) is 0 Å². The van der Waals surface area contributed by atoms with E-state index in [1.165, 1.54) is 5.06 Å². The molecule has 4 heterocycles. The van der Waals surface area contributed by atoms with Crippen molar-refractivity contribution in [2.75, 3.05) is 26.4 Å². The maximum absolute atomic E-state index is 14.0. The lowest BCUT2D eigenvalue weighted by Gasteiger charge is -2.48. The van der Waals surface area contributed by atoms with Crippen LogP contribution in [0.25, 0.3) is 6.08 Å². The van der Waals surface area contributed by atoms with Gasteiger partial charge in [-0.05, 0) is 22.3 Å². The molecule has 1 spiro atoms. The minimum Gasteiger partial charge on any atom is -0.458 e. The van der Waals surface area contributed by atoms with Gasteiger partial charge in [-0.25, -0.2) is 0 Å². The quantitative estimate of drug-likeness (QED) is 0.159. The Balaban J connectivity index is 0.974. The maximum Gasteiger partial charge on any atom is 0.327 e. The van der Waals surface area contributed by atoms with Crippen molar-refractivity contribution in [3.05, 3.63) is 76.9 Å². The van der Waals surface area contributed by atoms with E-state index in [1.807, 2.05) is 48.5 Å². The van der Waals surface area contributed by atoms with Crippen molar-refractivity contribution in [1.82, 2.24) is 10.4 Å². The van der Waals surface area contributed by atoms with Crippen LogP contribution in [0.5, 0.6) is 0 Å². The number of amides is 1. The summed E-state index contributed by atoms with van der Waals surface area (Å²) in [5.41, 5.74) is 2.53. The summed E-state index contributed by atoms with van der Waals surface area (Å²) in [7, 11) is 0. The summed E-state index contributed by atoms with van der Waals surface area (Å²) < 4.78 is 30.2. The van der Waals surface area contributed by atoms with Crippen LogP contribution in [0, 0.1) is 5.41 Å². The average Bonchev–Trinajstić information content (AvgIpc) is 3.81. The first kappa shape index (κ1) is 34.7. The number of benzene rings is 2. The van der Waals surface area contributed by atoms with Gasteiger partial charge in [0.2, 0.25) is 5.91 Å². The van der Waals surface area contributed by atoms with Crippen molar-refractivity contribution in [1.29, 1.82) is 0 Å². The second-order valence-corrected chi connectivity index (χ2v) is 14.1. The van der Waals surface area contributed by atoms with Gasteiger partial charge in [0.25, 0.3) is 0 Å². The molecule has 4 saturated heterocycles. The average molecular weight is 711 g/mol. The van der Waals surface area contributed by atoms with Gasteiger partial charge in [0.05, 0.1) is 26.4 Å². The van der Waals surface area contributed by atoms with Crippen molar-refractivity contribution >= 4 is 18.0 Å². The van der Waals surface area contributed by atoms with Crippen LogP contribution in [0.3, 0.4) is 0 Å². The first-order valence-corrected chi connectivity index (χ1v) is 17.3. The molecule has 15 nitrogen and oxygen atoms in total. The van der Waals surface area contributed by atoms with Crippen molar-refractivity contribution in [3.63, 3.8) is 0 Å². The number of aliphatic hydroxyl groups excluding tert-OH is 5. The van der Waals surface area contributed by atoms with Gasteiger partial charge in [-0.2, -0.15) is 5.06 Å². The van der Waals surface area contributed by atoms with Gasteiger partial charge >= 0.3 is 5.97 Å². The molecular formula is C36H42N2O13. The van der Waals surface area contributed by atoms with Crippen molar-refractivity contribution < 1.29 is 63.6 Å². The molecule has 274 valence electrons. The SMILES string of the molecule is O=C1O[C@@H]2C[C@@]3(C(=O)NCCO)[C@H](ON(Cc4ccc(C=CCO[C@H]5O[C@H](CO)[C@H](O)[C@H](O)[C@H]5O)cc4)[C@@H]13)[C@H]1OC3(Cc4ccccc4C3)O[C@H]12. The molecule has 6 aliphatic rings. The van der Waals surface area contributed by atoms with E-state index < -0.39 is 90.8 Å². The topological polar surface area (TPSA) is 206 Å². The van der Waals surface area contributed by atoms with Gasteiger partial charge in [0.1, 0.15) is 54.2 Å². The Morgan fingerprint density at radius 2 is 1.71 bits per heavy atom. The van der Waals surface area contributed by atoms with Crippen LogP contribution in [-0.4, -0.2) is 136 Å². The first-order valence-electron chi connectivity index (χ1n) is 17.3. The number of ether oxygens (including phenoxy) is 5. The summed E-state index contributed by atoms with van der Waals surface area (Å²) in [5.74, 6) is -1.94. The van der Waals surface area contributed by atoms with E-state index in [2.05, 4.69) is 5.32 Å². The Labute approximate surface area is 293 Å². The number of fused-ring (bicyclic) bond motifs is 5. The van der Waals surface area contributed by atoms with Crippen molar-refractivity contribution in [2.24, 2.45) is 5.41 Å². The van der Waals surface area contributed by atoms with Gasteiger partial charge in [0, 0.05) is 25.8 Å². The molecule has 0 aromatic heterocycles. The maximum atomic E-state index is 14.0. The van der Waals surface area contributed by atoms with Crippen molar-refractivity contribution in [3.8, 4) is 0 Å². The molecule has 51 heavy (non-hydrogen) atoms. The van der Waals surface area contributed by atoms with Gasteiger partial charge < -0.3 is 54.5 Å². The number of hydrogen-bond acceptors (Lipinski definition) is 14. The van der Waals surface area contributed by atoms with Crippen LogP contribution in [0.15, 0.2) is 54.6 Å². The summed E-state index contributed by atoms with van der Waals surface area (Å²) in [6.07, 6.45) is -4.92. The molecule has 2 aliphatic carbocycles. The molecule has 4 aliphatic heterocycles. The van der Waals surface area contributed by atoms with Crippen LogP contribution >= 0.6 is 0 Å². The fourth-order valence-corrected chi connectivity index (χ4v) is 8.55. The van der Waals surface area contributed by atoms with E-state index in [0.29, 0.717) is 12.8 Å². The van der Waals surface area contributed by atoms with Gasteiger partial charge in [0.15, 0.2) is 18.1 Å². The summed E-state index contributed by atoms with van der Waals surface area (Å²) in [4.78, 5) is 34.4. The van der Waals surface area contributed by atoms with E-state index in [0.717, 1.165) is 22.3 Å². The third-order valence-corrected chi connectivity index (χ3v) is 10.9. The normalized spacial score (nSPS) is 37.8. The van der Waals surface area contributed by atoms with Crippen LogP contribution in [-0.2, 0) is 57.5 Å². The van der Waals surface area contributed by atoms with E-state index >= 15 is 0 Å².